The van der Waals surface area contributed by atoms with Crippen molar-refractivity contribution in [1.82, 2.24) is 15.4 Å². The molecule has 0 fully saturated rings. The fourth-order valence-corrected chi connectivity index (χ4v) is 2.81. The Bertz CT molecular complexity index is 1190. The van der Waals surface area contributed by atoms with Gasteiger partial charge >= 0.3 is 5.69 Å². The van der Waals surface area contributed by atoms with Crippen molar-refractivity contribution in [3.63, 3.8) is 0 Å². The lowest BCUT2D eigenvalue weighted by Crippen LogP contribution is -2.30. The third kappa shape index (κ3) is 5.00. The van der Waals surface area contributed by atoms with Crippen LogP contribution in [0.25, 0.3) is 0 Å². The number of hydrogen-bond donors (Lipinski definition) is 3. The number of rotatable bonds is 7. The van der Waals surface area contributed by atoms with Crippen LogP contribution >= 0.6 is 11.6 Å². The number of nitrogens with one attached hydrogen (secondary N) is 3. The summed E-state index contributed by atoms with van der Waals surface area (Å²) in [4.78, 5) is 41.1. The third-order valence-electron chi connectivity index (χ3n) is 4.06. The second-order valence-electron chi connectivity index (χ2n) is 6.15. The number of aromatic nitrogens is 2. The van der Waals surface area contributed by atoms with Crippen LogP contribution in [0, 0.1) is 27.2 Å². The van der Waals surface area contributed by atoms with Crippen molar-refractivity contribution in [1.29, 1.82) is 0 Å². The standard InChI is InChI=1S/C18H14ClN7O5/c1-10-7-12(19)5-6-14(10)22-16-15(26(30)31)17(21-9-20-16)23-24-18(27)11-3-2-4-13(8-11)25(28)29/h2-9H,1H3,(H,24,27)(H2,20,21,22,23). The molecule has 3 aromatic rings. The lowest BCUT2D eigenvalue weighted by atomic mass is 10.2. The molecule has 2 aromatic carbocycles. The normalized spacial score (nSPS) is 10.3. The van der Waals surface area contributed by atoms with Gasteiger partial charge in [-0.15, -0.1) is 0 Å². The minimum Gasteiger partial charge on any atom is -0.334 e. The number of aryl methyl sites for hydroxylation is 1. The van der Waals surface area contributed by atoms with E-state index < -0.39 is 21.4 Å². The number of benzene rings is 2. The zero-order chi connectivity index (χ0) is 22.5. The van der Waals surface area contributed by atoms with Gasteiger partial charge in [0, 0.05) is 28.4 Å². The summed E-state index contributed by atoms with van der Waals surface area (Å²) in [7, 11) is 0. The molecule has 1 heterocycles. The van der Waals surface area contributed by atoms with Crippen LogP contribution < -0.4 is 16.2 Å². The number of hydrazine groups is 1. The molecule has 0 saturated heterocycles. The Kier molecular flexibility index (Phi) is 6.21. The Balaban J connectivity index is 1.84. The molecule has 0 radical (unpaired) electrons. The first-order valence-electron chi connectivity index (χ1n) is 8.59. The highest BCUT2D eigenvalue weighted by Crippen LogP contribution is 2.32. The highest BCUT2D eigenvalue weighted by molar-refractivity contribution is 6.30. The van der Waals surface area contributed by atoms with Crippen LogP contribution in [0.15, 0.2) is 48.8 Å². The molecule has 0 aliphatic heterocycles. The molecule has 0 aliphatic carbocycles. The smallest absolute Gasteiger partial charge is 0.334 e. The molecule has 0 bridgehead atoms. The number of nitro benzene ring substituents is 1. The SMILES string of the molecule is Cc1cc(Cl)ccc1Nc1ncnc(NNC(=O)c2cccc([N+](=O)[O-])c2)c1[N+](=O)[O-]. The lowest BCUT2D eigenvalue weighted by molar-refractivity contribution is -0.384. The Morgan fingerprint density at radius 2 is 1.77 bits per heavy atom. The third-order valence-corrected chi connectivity index (χ3v) is 4.30. The van der Waals surface area contributed by atoms with Gasteiger partial charge in [-0.05, 0) is 36.8 Å². The fraction of sp³-hybridized carbons (Fsp3) is 0.0556. The first-order valence-corrected chi connectivity index (χ1v) is 8.97. The second-order valence-corrected chi connectivity index (χ2v) is 6.58. The zero-order valence-electron chi connectivity index (χ0n) is 15.8. The van der Waals surface area contributed by atoms with Gasteiger partial charge in [0.1, 0.15) is 6.33 Å². The minimum atomic E-state index is -0.750. The molecule has 0 saturated carbocycles. The number of nitrogens with zero attached hydrogens (tertiary/aromatic N) is 4. The van der Waals surface area contributed by atoms with E-state index in [1.807, 2.05) is 0 Å². The van der Waals surface area contributed by atoms with Gasteiger partial charge in [0.15, 0.2) is 0 Å². The number of carbonyl (C=O) groups is 1. The van der Waals surface area contributed by atoms with Gasteiger partial charge in [-0.2, -0.15) is 0 Å². The first kappa shape index (κ1) is 21.4. The van der Waals surface area contributed by atoms with Crippen LogP contribution in [0.4, 0.5) is 28.7 Å². The van der Waals surface area contributed by atoms with E-state index in [0.29, 0.717) is 10.7 Å². The number of non-ortho nitro benzene ring substituents is 1. The van der Waals surface area contributed by atoms with Gasteiger partial charge in [-0.1, -0.05) is 17.7 Å². The largest absolute Gasteiger partial charge is 0.355 e. The molecule has 31 heavy (non-hydrogen) atoms. The monoisotopic (exact) mass is 443 g/mol. The van der Waals surface area contributed by atoms with Crippen molar-refractivity contribution in [3.05, 3.63) is 85.2 Å². The van der Waals surface area contributed by atoms with Crippen LogP contribution in [0.3, 0.4) is 0 Å². The highest BCUT2D eigenvalue weighted by Gasteiger charge is 2.24. The number of amides is 1. The summed E-state index contributed by atoms with van der Waals surface area (Å²) in [6, 6.07) is 9.93. The van der Waals surface area contributed by atoms with E-state index in [1.165, 1.54) is 18.2 Å². The molecule has 0 aliphatic rings. The molecule has 3 rings (SSSR count). The molecule has 0 unspecified atom stereocenters. The Morgan fingerprint density at radius 3 is 2.45 bits per heavy atom. The van der Waals surface area contributed by atoms with Gasteiger partial charge < -0.3 is 5.32 Å². The van der Waals surface area contributed by atoms with Crippen LogP contribution in [0.1, 0.15) is 15.9 Å². The number of anilines is 3. The topological polar surface area (TPSA) is 165 Å². The van der Waals surface area contributed by atoms with Crippen LogP contribution in [0.5, 0.6) is 0 Å². The maximum absolute atomic E-state index is 12.3. The van der Waals surface area contributed by atoms with Gasteiger partial charge in [-0.3, -0.25) is 35.9 Å². The summed E-state index contributed by atoms with van der Waals surface area (Å²) in [6.45, 7) is 1.76. The zero-order valence-corrected chi connectivity index (χ0v) is 16.6. The molecule has 12 nitrogen and oxygen atoms in total. The van der Waals surface area contributed by atoms with Gasteiger partial charge in [0.2, 0.25) is 11.6 Å². The molecule has 13 heteroatoms. The van der Waals surface area contributed by atoms with Crippen molar-refractivity contribution >= 4 is 46.2 Å². The van der Waals surface area contributed by atoms with E-state index in [0.717, 1.165) is 18.0 Å². The molecule has 3 N–H and O–H groups in total. The van der Waals surface area contributed by atoms with Crippen LogP contribution in [-0.4, -0.2) is 25.7 Å². The van der Waals surface area contributed by atoms with Crippen LogP contribution in [0.2, 0.25) is 5.02 Å². The van der Waals surface area contributed by atoms with E-state index in [1.54, 1.807) is 25.1 Å². The Hall–Kier alpha value is -4.32. The van der Waals surface area contributed by atoms with Gasteiger partial charge in [0.25, 0.3) is 11.6 Å². The van der Waals surface area contributed by atoms with E-state index >= 15 is 0 Å². The summed E-state index contributed by atoms with van der Waals surface area (Å²) in [5.41, 5.74) is 5.06. The minimum absolute atomic E-state index is 0.0199. The summed E-state index contributed by atoms with van der Waals surface area (Å²) >= 11 is 5.93. The first-order chi connectivity index (χ1) is 14.8. The maximum Gasteiger partial charge on any atom is 0.355 e. The van der Waals surface area contributed by atoms with Gasteiger partial charge in [0.05, 0.1) is 9.85 Å². The maximum atomic E-state index is 12.3. The van der Waals surface area contributed by atoms with Crippen molar-refractivity contribution < 1.29 is 14.6 Å². The van der Waals surface area contributed by atoms with E-state index in [2.05, 4.69) is 26.1 Å². The average Bonchev–Trinajstić information content (AvgIpc) is 2.73. The number of nitro groups is 2. The molecule has 1 aromatic heterocycles. The Labute approximate surface area is 179 Å². The van der Waals surface area contributed by atoms with Gasteiger partial charge in [-0.25, -0.2) is 9.97 Å². The second kappa shape index (κ2) is 9.00. The van der Waals surface area contributed by atoms with E-state index in [4.69, 9.17) is 11.6 Å². The molecular weight excluding hydrogens is 430 g/mol. The van der Waals surface area contributed by atoms with E-state index in [9.17, 15) is 25.0 Å². The number of halogens is 1. The molecule has 1 amide bonds. The van der Waals surface area contributed by atoms with E-state index in [-0.39, 0.29) is 22.9 Å². The fourth-order valence-electron chi connectivity index (χ4n) is 2.58. The molecule has 0 atom stereocenters. The molecule has 158 valence electrons. The highest BCUT2D eigenvalue weighted by atomic mass is 35.5. The van der Waals surface area contributed by atoms with Crippen molar-refractivity contribution in [2.24, 2.45) is 0 Å². The summed E-state index contributed by atoms with van der Waals surface area (Å²) < 4.78 is 0. The Morgan fingerprint density at radius 1 is 1.03 bits per heavy atom. The number of hydrogen-bond acceptors (Lipinski definition) is 9. The summed E-state index contributed by atoms with van der Waals surface area (Å²) in [6.07, 6.45) is 1.07. The molecule has 0 spiro atoms. The van der Waals surface area contributed by atoms with Crippen molar-refractivity contribution in [2.45, 2.75) is 6.92 Å². The van der Waals surface area contributed by atoms with Crippen molar-refractivity contribution in [2.75, 3.05) is 10.7 Å². The summed E-state index contributed by atoms with van der Waals surface area (Å²) in [5, 5.41) is 25.9. The molecular formula is C18H14ClN7O5. The number of carbonyl (C=O) groups excluding carboxylic acids is 1. The summed E-state index contributed by atoms with van der Waals surface area (Å²) in [5.74, 6) is -1.15. The van der Waals surface area contributed by atoms with Crippen LogP contribution in [-0.2, 0) is 0 Å². The average molecular weight is 444 g/mol. The quantitative estimate of drug-likeness (QED) is 0.364. The predicted molar refractivity (Wildman–Crippen MR) is 112 cm³/mol. The lowest BCUT2D eigenvalue weighted by Gasteiger charge is -2.12. The van der Waals surface area contributed by atoms with Crippen molar-refractivity contribution in [3.8, 4) is 0 Å². The predicted octanol–water partition coefficient (Wildman–Crippen LogP) is 3.76.